The highest BCUT2D eigenvalue weighted by Gasteiger charge is 2.33. The van der Waals surface area contributed by atoms with Crippen LogP contribution in [0.15, 0.2) is 0 Å². The van der Waals surface area contributed by atoms with E-state index in [1.54, 1.807) is 7.05 Å². The lowest BCUT2D eigenvalue weighted by molar-refractivity contribution is -0.147. The predicted octanol–water partition coefficient (Wildman–Crippen LogP) is -1.26. The molecule has 1 fully saturated rings. The van der Waals surface area contributed by atoms with Crippen molar-refractivity contribution in [3.63, 3.8) is 0 Å². The Balaban J connectivity index is 2.69. The van der Waals surface area contributed by atoms with Crippen LogP contribution in [-0.2, 0) is 14.4 Å². The van der Waals surface area contributed by atoms with Gasteiger partial charge in [0.05, 0.1) is 13.1 Å². The van der Waals surface area contributed by atoms with Crippen molar-refractivity contribution in [1.82, 2.24) is 15.1 Å². The molecule has 0 bridgehead atoms. The van der Waals surface area contributed by atoms with Crippen LogP contribution >= 0.6 is 0 Å². The number of rotatable bonds is 4. The van der Waals surface area contributed by atoms with Crippen LogP contribution in [0.2, 0.25) is 0 Å². The van der Waals surface area contributed by atoms with Gasteiger partial charge in [0.15, 0.2) is 0 Å². The first kappa shape index (κ1) is 14.4. The Morgan fingerprint density at radius 2 is 2.17 bits per heavy atom. The van der Waals surface area contributed by atoms with Crippen LogP contribution in [0.25, 0.3) is 0 Å². The normalized spacial score (nSPS) is 20.7. The lowest BCUT2D eigenvalue weighted by atomic mass is 10.2. The van der Waals surface area contributed by atoms with Gasteiger partial charge in [-0.05, 0) is 13.8 Å². The van der Waals surface area contributed by atoms with Gasteiger partial charge in [0.25, 0.3) is 0 Å². The molecule has 0 saturated carbocycles. The van der Waals surface area contributed by atoms with E-state index in [4.69, 9.17) is 5.11 Å². The largest absolute Gasteiger partial charge is 0.480 e. The summed E-state index contributed by atoms with van der Waals surface area (Å²) in [5, 5.41) is 11.5. The van der Waals surface area contributed by atoms with Crippen molar-refractivity contribution in [3.8, 4) is 0 Å². The zero-order valence-electron chi connectivity index (χ0n) is 10.8. The first-order valence-corrected chi connectivity index (χ1v) is 5.82. The number of likely N-dealkylation sites (N-methyl/N-ethyl adjacent to an activating group) is 1. The highest BCUT2D eigenvalue weighted by Crippen LogP contribution is 2.06. The molecule has 0 aromatic heterocycles. The highest BCUT2D eigenvalue weighted by molar-refractivity contribution is 5.85. The molecule has 7 heteroatoms. The molecule has 0 radical (unpaired) electrons. The van der Waals surface area contributed by atoms with Crippen LogP contribution in [0, 0.1) is 0 Å². The number of nitrogens with zero attached hydrogens (tertiary/aromatic N) is 2. The van der Waals surface area contributed by atoms with E-state index in [2.05, 4.69) is 5.32 Å². The minimum atomic E-state index is -1.03. The van der Waals surface area contributed by atoms with Crippen LogP contribution in [0.5, 0.6) is 0 Å². The molecule has 1 aliphatic heterocycles. The quantitative estimate of drug-likeness (QED) is 0.656. The van der Waals surface area contributed by atoms with E-state index < -0.39 is 12.0 Å². The Labute approximate surface area is 106 Å². The van der Waals surface area contributed by atoms with Gasteiger partial charge in [0, 0.05) is 19.6 Å². The van der Waals surface area contributed by atoms with Crippen molar-refractivity contribution in [2.24, 2.45) is 0 Å². The molecule has 1 atom stereocenters. The van der Waals surface area contributed by atoms with E-state index in [0.717, 1.165) is 0 Å². The average molecular weight is 257 g/mol. The van der Waals surface area contributed by atoms with Crippen LogP contribution in [0.1, 0.15) is 13.8 Å². The van der Waals surface area contributed by atoms with Crippen molar-refractivity contribution in [3.05, 3.63) is 0 Å². The molecule has 102 valence electrons. The Morgan fingerprint density at radius 3 is 2.67 bits per heavy atom. The van der Waals surface area contributed by atoms with Gasteiger partial charge in [-0.3, -0.25) is 19.3 Å². The number of carboxylic acid groups (broad SMARTS) is 1. The molecule has 1 saturated heterocycles. The number of nitrogens with one attached hydrogen (secondary N) is 1. The molecule has 1 rings (SSSR count). The Hall–Kier alpha value is -1.63. The number of hydrogen-bond donors (Lipinski definition) is 2. The summed E-state index contributed by atoms with van der Waals surface area (Å²) >= 11 is 0. The fraction of sp³-hybridized carbons (Fsp3) is 0.727. The van der Waals surface area contributed by atoms with Crippen LogP contribution in [-0.4, -0.2) is 71.5 Å². The van der Waals surface area contributed by atoms with Gasteiger partial charge in [-0.1, -0.05) is 0 Å². The predicted molar refractivity (Wildman–Crippen MR) is 63.9 cm³/mol. The SMILES string of the molecule is CC(C)N(C)C(=O)CN1CC(=O)NCC1C(=O)O. The number of hydrogen-bond acceptors (Lipinski definition) is 4. The second-order valence-corrected chi connectivity index (χ2v) is 4.66. The summed E-state index contributed by atoms with van der Waals surface area (Å²) in [5.41, 5.74) is 0. The van der Waals surface area contributed by atoms with Gasteiger partial charge in [-0.2, -0.15) is 0 Å². The standard InChI is InChI=1S/C11H19N3O4/c1-7(2)13(3)10(16)6-14-5-9(15)12-4-8(14)11(17)18/h7-8H,4-6H2,1-3H3,(H,12,15)(H,17,18). The van der Waals surface area contributed by atoms with Crippen molar-refractivity contribution in [1.29, 1.82) is 0 Å². The third-order valence-corrected chi connectivity index (χ3v) is 3.07. The van der Waals surface area contributed by atoms with Gasteiger partial charge in [0.1, 0.15) is 6.04 Å². The minimum Gasteiger partial charge on any atom is -0.480 e. The number of carbonyl (C=O) groups is 3. The first-order chi connectivity index (χ1) is 8.32. The number of aliphatic carboxylic acids is 1. The van der Waals surface area contributed by atoms with E-state index in [-0.39, 0.29) is 37.5 Å². The smallest absolute Gasteiger partial charge is 0.322 e. The van der Waals surface area contributed by atoms with Gasteiger partial charge in [-0.25, -0.2) is 0 Å². The lowest BCUT2D eigenvalue weighted by Crippen LogP contribution is -2.59. The average Bonchev–Trinajstić information content (AvgIpc) is 2.27. The molecule has 1 unspecified atom stereocenters. The fourth-order valence-corrected chi connectivity index (χ4v) is 1.67. The van der Waals surface area contributed by atoms with E-state index >= 15 is 0 Å². The monoisotopic (exact) mass is 257 g/mol. The van der Waals surface area contributed by atoms with E-state index in [0.29, 0.717) is 0 Å². The molecule has 0 aromatic rings. The van der Waals surface area contributed by atoms with Crippen molar-refractivity contribution in [2.45, 2.75) is 25.9 Å². The van der Waals surface area contributed by atoms with Crippen LogP contribution in [0.3, 0.4) is 0 Å². The Morgan fingerprint density at radius 1 is 1.56 bits per heavy atom. The van der Waals surface area contributed by atoms with Crippen LogP contribution < -0.4 is 5.32 Å². The lowest BCUT2D eigenvalue weighted by Gasteiger charge is -2.33. The molecule has 1 heterocycles. The summed E-state index contributed by atoms with van der Waals surface area (Å²) in [6, 6.07) is -0.799. The zero-order chi connectivity index (χ0) is 13.9. The van der Waals surface area contributed by atoms with Crippen molar-refractivity contribution in [2.75, 3.05) is 26.7 Å². The molecule has 18 heavy (non-hydrogen) atoms. The summed E-state index contributed by atoms with van der Waals surface area (Å²) in [4.78, 5) is 37.1. The Bertz CT molecular complexity index is 356. The molecule has 2 N–H and O–H groups in total. The van der Waals surface area contributed by atoms with E-state index in [9.17, 15) is 14.4 Å². The van der Waals surface area contributed by atoms with Gasteiger partial charge < -0.3 is 15.3 Å². The summed E-state index contributed by atoms with van der Waals surface area (Å²) < 4.78 is 0. The third-order valence-electron chi connectivity index (χ3n) is 3.07. The van der Waals surface area contributed by atoms with E-state index in [1.165, 1.54) is 9.80 Å². The molecule has 7 nitrogen and oxygen atoms in total. The number of amides is 2. The maximum atomic E-state index is 11.9. The van der Waals surface area contributed by atoms with Gasteiger partial charge >= 0.3 is 5.97 Å². The Kier molecular flexibility index (Phi) is 4.66. The van der Waals surface area contributed by atoms with Crippen LogP contribution in [0.4, 0.5) is 0 Å². The molecule has 0 spiro atoms. The zero-order valence-corrected chi connectivity index (χ0v) is 10.8. The number of carbonyl (C=O) groups excluding carboxylic acids is 2. The topological polar surface area (TPSA) is 90.0 Å². The number of piperazine rings is 1. The first-order valence-electron chi connectivity index (χ1n) is 5.82. The molecule has 2 amide bonds. The fourth-order valence-electron chi connectivity index (χ4n) is 1.67. The molecule has 1 aliphatic rings. The van der Waals surface area contributed by atoms with Crippen molar-refractivity contribution < 1.29 is 19.5 Å². The minimum absolute atomic E-state index is 0.0346. The summed E-state index contributed by atoms with van der Waals surface area (Å²) in [5.74, 6) is -1.48. The summed E-state index contributed by atoms with van der Waals surface area (Å²) in [6.07, 6.45) is 0. The highest BCUT2D eigenvalue weighted by atomic mass is 16.4. The van der Waals surface area contributed by atoms with Crippen molar-refractivity contribution >= 4 is 17.8 Å². The molecule has 0 aromatic carbocycles. The molecular weight excluding hydrogens is 238 g/mol. The third kappa shape index (κ3) is 3.43. The maximum Gasteiger partial charge on any atom is 0.322 e. The van der Waals surface area contributed by atoms with Gasteiger partial charge in [-0.15, -0.1) is 0 Å². The molecular formula is C11H19N3O4. The van der Waals surface area contributed by atoms with Gasteiger partial charge in [0.2, 0.25) is 11.8 Å². The summed E-state index contributed by atoms with van der Waals surface area (Å²) in [6.45, 7) is 3.66. The second-order valence-electron chi connectivity index (χ2n) is 4.66. The molecule has 0 aliphatic carbocycles. The summed E-state index contributed by atoms with van der Waals surface area (Å²) in [7, 11) is 1.66. The second kappa shape index (κ2) is 5.81. The van der Waals surface area contributed by atoms with E-state index in [1.807, 2.05) is 13.8 Å². The maximum absolute atomic E-state index is 11.9. The number of carboxylic acids is 1.